The van der Waals surface area contributed by atoms with Crippen LogP contribution in [0.5, 0.6) is 0 Å². The van der Waals surface area contributed by atoms with E-state index in [1.54, 1.807) is 12.1 Å². The minimum Gasteiger partial charge on any atom is -0.431 e. The molecule has 4 heteroatoms. The standard InChI is InChI=1S/C13H8ClNOS/c14-9-6-7-12-11(8-9)15-13(16-12)17-10-4-2-1-3-5-10/h1-8H. The lowest BCUT2D eigenvalue weighted by Crippen LogP contribution is -1.71. The van der Waals surface area contributed by atoms with Gasteiger partial charge < -0.3 is 4.42 Å². The Balaban J connectivity index is 1.96. The molecule has 0 saturated carbocycles. The summed E-state index contributed by atoms with van der Waals surface area (Å²) in [5.74, 6) is 0. The van der Waals surface area contributed by atoms with Gasteiger partial charge in [0, 0.05) is 9.92 Å². The third kappa shape index (κ3) is 2.30. The maximum Gasteiger partial charge on any atom is 0.261 e. The summed E-state index contributed by atoms with van der Waals surface area (Å²) < 4.78 is 5.62. The molecule has 0 atom stereocenters. The van der Waals surface area contributed by atoms with Crippen molar-refractivity contribution >= 4 is 34.5 Å². The fourth-order valence-electron chi connectivity index (χ4n) is 1.51. The first-order valence-electron chi connectivity index (χ1n) is 5.10. The molecule has 0 bridgehead atoms. The molecule has 0 amide bonds. The van der Waals surface area contributed by atoms with Crippen LogP contribution in [0.2, 0.25) is 5.02 Å². The van der Waals surface area contributed by atoms with Gasteiger partial charge in [0.05, 0.1) is 0 Å². The highest BCUT2D eigenvalue weighted by Gasteiger charge is 2.07. The topological polar surface area (TPSA) is 26.0 Å². The second-order valence-corrected chi connectivity index (χ2v) is 4.97. The predicted molar refractivity (Wildman–Crippen MR) is 69.6 cm³/mol. The fraction of sp³-hybridized carbons (Fsp3) is 0. The summed E-state index contributed by atoms with van der Waals surface area (Å²) in [5.41, 5.74) is 1.55. The number of oxazole rings is 1. The molecule has 0 aliphatic heterocycles. The van der Waals surface area contributed by atoms with Gasteiger partial charge in [0.25, 0.3) is 5.22 Å². The van der Waals surface area contributed by atoms with E-state index < -0.39 is 0 Å². The molecule has 0 aliphatic rings. The Labute approximate surface area is 108 Å². The molecule has 1 heterocycles. The number of halogens is 1. The van der Waals surface area contributed by atoms with Gasteiger partial charge in [-0.25, -0.2) is 4.98 Å². The lowest BCUT2D eigenvalue weighted by atomic mass is 10.3. The molecule has 17 heavy (non-hydrogen) atoms. The number of fused-ring (bicyclic) bond motifs is 1. The molecule has 3 rings (SSSR count). The minimum absolute atomic E-state index is 0.633. The highest BCUT2D eigenvalue weighted by atomic mass is 35.5. The van der Waals surface area contributed by atoms with Gasteiger partial charge in [0.15, 0.2) is 5.58 Å². The van der Waals surface area contributed by atoms with E-state index in [2.05, 4.69) is 4.98 Å². The van der Waals surface area contributed by atoms with Crippen LogP contribution >= 0.6 is 23.4 Å². The van der Waals surface area contributed by atoms with Crippen LogP contribution in [0.4, 0.5) is 0 Å². The smallest absolute Gasteiger partial charge is 0.261 e. The second-order valence-electron chi connectivity index (χ2n) is 3.51. The molecule has 2 nitrogen and oxygen atoms in total. The quantitative estimate of drug-likeness (QED) is 0.673. The van der Waals surface area contributed by atoms with Crippen molar-refractivity contribution in [3.05, 3.63) is 53.6 Å². The first-order chi connectivity index (χ1) is 8.31. The van der Waals surface area contributed by atoms with Gasteiger partial charge in [-0.3, -0.25) is 0 Å². The van der Waals surface area contributed by atoms with Gasteiger partial charge in [-0.2, -0.15) is 0 Å². The molecule has 2 aromatic carbocycles. The Morgan fingerprint density at radius 2 is 1.88 bits per heavy atom. The van der Waals surface area contributed by atoms with Crippen LogP contribution in [0.3, 0.4) is 0 Å². The van der Waals surface area contributed by atoms with E-state index in [1.807, 2.05) is 36.4 Å². The van der Waals surface area contributed by atoms with Crippen molar-refractivity contribution in [3.8, 4) is 0 Å². The average molecular weight is 262 g/mol. The summed E-state index contributed by atoms with van der Waals surface area (Å²) in [6.07, 6.45) is 0. The molecule has 0 N–H and O–H groups in total. The first kappa shape index (κ1) is 10.7. The number of hydrogen-bond acceptors (Lipinski definition) is 3. The predicted octanol–water partition coefficient (Wildman–Crippen LogP) is 4.63. The Bertz CT molecular complexity index is 651. The fourth-order valence-corrected chi connectivity index (χ4v) is 2.45. The SMILES string of the molecule is Clc1ccc2oc(Sc3ccccc3)nc2c1. The lowest BCUT2D eigenvalue weighted by molar-refractivity contribution is 0.489. The van der Waals surface area contributed by atoms with Gasteiger partial charge >= 0.3 is 0 Å². The van der Waals surface area contributed by atoms with Crippen molar-refractivity contribution < 1.29 is 4.42 Å². The first-order valence-corrected chi connectivity index (χ1v) is 6.30. The van der Waals surface area contributed by atoms with E-state index >= 15 is 0 Å². The third-order valence-electron chi connectivity index (χ3n) is 2.28. The van der Waals surface area contributed by atoms with Crippen molar-refractivity contribution in [3.63, 3.8) is 0 Å². The van der Waals surface area contributed by atoms with E-state index in [4.69, 9.17) is 16.0 Å². The third-order valence-corrected chi connectivity index (χ3v) is 3.37. The summed E-state index contributed by atoms with van der Waals surface area (Å²) in [7, 11) is 0. The number of nitrogens with zero attached hydrogens (tertiary/aromatic N) is 1. The summed E-state index contributed by atoms with van der Waals surface area (Å²) >= 11 is 7.40. The Hall–Kier alpha value is -1.45. The zero-order chi connectivity index (χ0) is 11.7. The van der Waals surface area contributed by atoms with Gasteiger partial charge in [0.1, 0.15) is 5.52 Å². The molecular formula is C13H8ClNOS. The molecular weight excluding hydrogens is 254 g/mol. The molecule has 0 fully saturated rings. The van der Waals surface area contributed by atoms with Crippen LogP contribution in [0.25, 0.3) is 11.1 Å². The monoisotopic (exact) mass is 261 g/mol. The maximum absolute atomic E-state index is 5.90. The molecule has 0 radical (unpaired) electrons. The Morgan fingerprint density at radius 1 is 1.06 bits per heavy atom. The van der Waals surface area contributed by atoms with E-state index in [9.17, 15) is 0 Å². The van der Waals surface area contributed by atoms with Gasteiger partial charge in [-0.1, -0.05) is 29.8 Å². The van der Waals surface area contributed by atoms with Crippen LogP contribution in [0, 0.1) is 0 Å². The highest BCUT2D eigenvalue weighted by molar-refractivity contribution is 7.99. The van der Waals surface area contributed by atoms with E-state index in [1.165, 1.54) is 11.8 Å². The van der Waals surface area contributed by atoms with Crippen LogP contribution in [-0.2, 0) is 0 Å². The number of hydrogen-bond donors (Lipinski definition) is 0. The second kappa shape index (κ2) is 4.43. The van der Waals surface area contributed by atoms with Crippen LogP contribution in [-0.4, -0.2) is 4.98 Å². The summed E-state index contributed by atoms with van der Waals surface area (Å²) in [4.78, 5) is 5.48. The molecule has 3 aromatic rings. The molecule has 0 unspecified atom stereocenters. The molecule has 84 valence electrons. The van der Waals surface area contributed by atoms with E-state index in [0.717, 1.165) is 16.0 Å². The van der Waals surface area contributed by atoms with Crippen molar-refractivity contribution in [2.75, 3.05) is 0 Å². The largest absolute Gasteiger partial charge is 0.431 e. The molecule has 0 aliphatic carbocycles. The summed E-state index contributed by atoms with van der Waals surface area (Å²) in [5, 5.41) is 1.30. The Kier molecular flexibility index (Phi) is 2.79. The van der Waals surface area contributed by atoms with Crippen molar-refractivity contribution in [1.82, 2.24) is 4.98 Å². The van der Waals surface area contributed by atoms with E-state index in [-0.39, 0.29) is 0 Å². The van der Waals surface area contributed by atoms with Crippen molar-refractivity contribution in [2.45, 2.75) is 10.1 Å². The average Bonchev–Trinajstić information content (AvgIpc) is 2.71. The van der Waals surface area contributed by atoms with Crippen molar-refractivity contribution in [2.24, 2.45) is 0 Å². The van der Waals surface area contributed by atoms with Gasteiger partial charge in [-0.15, -0.1) is 0 Å². The zero-order valence-corrected chi connectivity index (χ0v) is 10.3. The van der Waals surface area contributed by atoms with Gasteiger partial charge in [-0.05, 0) is 42.1 Å². The van der Waals surface area contributed by atoms with Crippen LogP contribution < -0.4 is 0 Å². The van der Waals surface area contributed by atoms with Crippen LogP contribution in [0.15, 0.2) is 63.1 Å². The summed E-state index contributed by atoms with van der Waals surface area (Å²) in [6, 6.07) is 15.4. The molecule has 1 aromatic heterocycles. The maximum atomic E-state index is 5.90. The zero-order valence-electron chi connectivity index (χ0n) is 8.76. The Morgan fingerprint density at radius 3 is 2.71 bits per heavy atom. The van der Waals surface area contributed by atoms with Crippen molar-refractivity contribution in [1.29, 1.82) is 0 Å². The number of rotatable bonds is 2. The molecule has 0 spiro atoms. The number of aromatic nitrogens is 1. The van der Waals surface area contributed by atoms with E-state index in [0.29, 0.717) is 10.2 Å². The van der Waals surface area contributed by atoms with Crippen LogP contribution in [0.1, 0.15) is 0 Å². The molecule has 0 saturated heterocycles. The van der Waals surface area contributed by atoms with Gasteiger partial charge in [0.2, 0.25) is 0 Å². The summed E-state index contributed by atoms with van der Waals surface area (Å²) in [6.45, 7) is 0. The lowest BCUT2D eigenvalue weighted by Gasteiger charge is -1.93. The minimum atomic E-state index is 0.633. The number of benzene rings is 2. The highest BCUT2D eigenvalue weighted by Crippen LogP contribution is 2.30. The normalized spacial score (nSPS) is 10.9.